The third-order valence-electron chi connectivity index (χ3n) is 4.53. The summed E-state index contributed by atoms with van der Waals surface area (Å²) in [6.07, 6.45) is 5.45. The third kappa shape index (κ3) is 4.13. The fourth-order valence-corrected chi connectivity index (χ4v) is 3.06. The number of nitrogens with two attached hydrogens (primary N) is 1. The number of aromatic nitrogens is 3. The quantitative estimate of drug-likeness (QED) is 0.684. The Morgan fingerprint density at radius 3 is 2.92 bits per heavy atom. The average molecular weight is 357 g/mol. The fourth-order valence-electron chi connectivity index (χ4n) is 3.06. The van der Waals surface area contributed by atoms with E-state index in [1.807, 2.05) is 26.1 Å². The van der Waals surface area contributed by atoms with Gasteiger partial charge >= 0.3 is 0 Å². The first-order valence-electron chi connectivity index (χ1n) is 9.00. The van der Waals surface area contributed by atoms with Crippen LogP contribution >= 0.6 is 0 Å². The summed E-state index contributed by atoms with van der Waals surface area (Å²) < 4.78 is 5.63. The number of rotatable bonds is 6. The Hall–Kier alpha value is -2.61. The molecule has 0 spiro atoms. The largest absolute Gasteiger partial charge is 0.477 e. The maximum absolute atomic E-state index is 5.83. The van der Waals surface area contributed by atoms with Crippen molar-refractivity contribution in [2.75, 3.05) is 32.1 Å². The first-order chi connectivity index (χ1) is 12.6. The van der Waals surface area contributed by atoms with Gasteiger partial charge in [0.2, 0.25) is 11.8 Å². The molecule has 0 atom stereocenters. The summed E-state index contributed by atoms with van der Waals surface area (Å²) in [5.41, 5.74) is 8.11. The van der Waals surface area contributed by atoms with Crippen molar-refractivity contribution >= 4 is 22.7 Å². The second-order valence-corrected chi connectivity index (χ2v) is 6.48. The summed E-state index contributed by atoms with van der Waals surface area (Å²) in [5, 5.41) is 4.03. The van der Waals surface area contributed by atoms with Crippen molar-refractivity contribution in [1.82, 2.24) is 19.9 Å². The lowest BCUT2D eigenvalue weighted by molar-refractivity contribution is 0.257. The molecule has 8 heteroatoms. The molecule has 1 saturated heterocycles. The number of aromatic amines is 1. The van der Waals surface area contributed by atoms with Gasteiger partial charge in [-0.2, -0.15) is 9.97 Å². The monoisotopic (exact) mass is 357 g/mol. The Labute approximate surface area is 153 Å². The minimum absolute atomic E-state index is 0.328. The lowest BCUT2D eigenvalue weighted by Gasteiger charge is -2.27. The Balaban J connectivity index is 1.78. The molecule has 4 N–H and O–H groups in total. The highest BCUT2D eigenvalue weighted by atomic mass is 16.5. The van der Waals surface area contributed by atoms with E-state index in [0.717, 1.165) is 37.0 Å². The first-order valence-corrected chi connectivity index (χ1v) is 9.00. The molecule has 0 aliphatic carbocycles. The van der Waals surface area contributed by atoms with E-state index in [1.165, 1.54) is 6.20 Å². The predicted octanol–water partition coefficient (Wildman–Crippen LogP) is 2.12. The van der Waals surface area contributed by atoms with Gasteiger partial charge in [-0.3, -0.25) is 4.99 Å². The maximum Gasteiger partial charge on any atom is 0.232 e. The normalized spacial score (nSPS) is 17.7. The molecule has 0 radical (unpaired) electrons. The SMILES string of the molecule is CCOc1nc(NC(=CN)C(C)=NC2CCN(C)CC2)nc2[nH]ccc12. The molecule has 3 heterocycles. The fraction of sp³-hybridized carbons (Fsp3) is 0.500. The molecule has 0 unspecified atom stereocenters. The Morgan fingerprint density at radius 1 is 1.46 bits per heavy atom. The van der Waals surface area contributed by atoms with E-state index in [9.17, 15) is 0 Å². The number of piperidine rings is 1. The summed E-state index contributed by atoms with van der Waals surface area (Å²) in [5.74, 6) is 0.973. The van der Waals surface area contributed by atoms with Crippen LogP contribution in [0, 0.1) is 0 Å². The number of aliphatic imine (C=N–C) groups is 1. The lowest BCUT2D eigenvalue weighted by Crippen LogP contribution is -2.32. The number of allylic oxidation sites excluding steroid dienone is 1. The molecule has 2 aromatic heterocycles. The molecule has 0 aromatic carbocycles. The van der Waals surface area contributed by atoms with E-state index in [0.29, 0.717) is 35.8 Å². The van der Waals surface area contributed by atoms with E-state index in [2.05, 4.69) is 32.2 Å². The van der Waals surface area contributed by atoms with Crippen LogP contribution in [0.4, 0.5) is 5.95 Å². The Kier molecular flexibility index (Phi) is 5.72. The molecular weight excluding hydrogens is 330 g/mol. The molecule has 140 valence electrons. The highest BCUT2D eigenvalue weighted by Crippen LogP contribution is 2.24. The molecule has 2 aromatic rings. The van der Waals surface area contributed by atoms with Crippen LogP contribution in [0.25, 0.3) is 11.0 Å². The molecule has 1 aliphatic heterocycles. The number of anilines is 1. The van der Waals surface area contributed by atoms with Gasteiger partial charge in [-0.1, -0.05) is 0 Å². The molecular formula is C18H27N7O. The van der Waals surface area contributed by atoms with Crippen LogP contribution in [0.3, 0.4) is 0 Å². The van der Waals surface area contributed by atoms with Gasteiger partial charge in [0.05, 0.1) is 29.4 Å². The zero-order valence-electron chi connectivity index (χ0n) is 15.6. The van der Waals surface area contributed by atoms with Crippen LogP contribution in [-0.4, -0.2) is 58.3 Å². The van der Waals surface area contributed by atoms with Crippen molar-refractivity contribution in [3.05, 3.63) is 24.2 Å². The van der Waals surface area contributed by atoms with Crippen molar-refractivity contribution in [3.8, 4) is 5.88 Å². The molecule has 3 rings (SSSR count). The van der Waals surface area contributed by atoms with Gasteiger partial charge in [0, 0.05) is 12.4 Å². The number of nitrogens with zero attached hydrogens (tertiary/aromatic N) is 4. The van der Waals surface area contributed by atoms with Crippen LogP contribution in [0.15, 0.2) is 29.2 Å². The minimum atomic E-state index is 0.328. The van der Waals surface area contributed by atoms with E-state index < -0.39 is 0 Å². The highest BCUT2D eigenvalue weighted by Gasteiger charge is 2.17. The van der Waals surface area contributed by atoms with Gasteiger partial charge in [0.1, 0.15) is 5.65 Å². The van der Waals surface area contributed by atoms with Crippen molar-refractivity contribution in [3.63, 3.8) is 0 Å². The summed E-state index contributed by atoms with van der Waals surface area (Å²) in [7, 11) is 2.14. The number of likely N-dealkylation sites (tertiary alicyclic amines) is 1. The molecule has 0 saturated carbocycles. The van der Waals surface area contributed by atoms with E-state index in [-0.39, 0.29) is 0 Å². The molecule has 1 aliphatic rings. The van der Waals surface area contributed by atoms with Gasteiger partial charge in [-0.05, 0) is 52.9 Å². The zero-order valence-corrected chi connectivity index (χ0v) is 15.6. The average Bonchev–Trinajstić information content (AvgIpc) is 3.10. The summed E-state index contributed by atoms with van der Waals surface area (Å²) in [6.45, 7) is 6.56. The zero-order chi connectivity index (χ0) is 18.5. The maximum atomic E-state index is 5.83. The highest BCUT2D eigenvalue weighted by molar-refractivity contribution is 6.00. The minimum Gasteiger partial charge on any atom is -0.477 e. The number of hydrogen-bond acceptors (Lipinski definition) is 7. The molecule has 8 nitrogen and oxygen atoms in total. The number of H-pyrrole nitrogens is 1. The molecule has 1 fully saturated rings. The lowest BCUT2D eigenvalue weighted by atomic mass is 10.1. The second-order valence-electron chi connectivity index (χ2n) is 6.48. The van der Waals surface area contributed by atoms with Crippen molar-refractivity contribution in [2.45, 2.75) is 32.7 Å². The number of nitrogens with one attached hydrogen (secondary N) is 2. The van der Waals surface area contributed by atoms with Gasteiger partial charge in [0.25, 0.3) is 0 Å². The van der Waals surface area contributed by atoms with Crippen molar-refractivity contribution in [2.24, 2.45) is 10.7 Å². The Bertz CT molecular complexity index is 803. The number of hydrogen-bond donors (Lipinski definition) is 3. The Morgan fingerprint density at radius 2 is 2.23 bits per heavy atom. The van der Waals surface area contributed by atoms with Gasteiger partial charge in [0.15, 0.2) is 0 Å². The standard InChI is InChI=1S/C18H27N7O/c1-4-26-17-14-5-8-20-16(14)23-18(24-17)22-15(11-19)12(2)21-13-6-9-25(3)10-7-13/h5,8,11,13H,4,6-7,9-10,19H2,1-3H3,(H2,20,22,23,24). The first kappa shape index (κ1) is 18.2. The molecule has 0 amide bonds. The van der Waals surface area contributed by atoms with Gasteiger partial charge in [-0.25, -0.2) is 0 Å². The molecule has 26 heavy (non-hydrogen) atoms. The van der Waals surface area contributed by atoms with E-state index in [1.54, 1.807) is 0 Å². The number of fused-ring (bicyclic) bond motifs is 1. The van der Waals surface area contributed by atoms with Crippen molar-refractivity contribution < 1.29 is 4.74 Å². The summed E-state index contributed by atoms with van der Waals surface area (Å²) >= 11 is 0. The molecule has 0 bridgehead atoms. The van der Waals surface area contributed by atoms with Crippen LogP contribution in [0.5, 0.6) is 5.88 Å². The van der Waals surface area contributed by atoms with E-state index in [4.69, 9.17) is 15.5 Å². The van der Waals surface area contributed by atoms with Crippen molar-refractivity contribution in [1.29, 1.82) is 0 Å². The van der Waals surface area contributed by atoms with Gasteiger partial charge in [-0.15, -0.1) is 0 Å². The van der Waals surface area contributed by atoms with Crippen LogP contribution in [0.1, 0.15) is 26.7 Å². The van der Waals surface area contributed by atoms with Crippen LogP contribution in [-0.2, 0) is 0 Å². The van der Waals surface area contributed by atoms with Crippen LogP contribution in [0.2, 0.25) is 0 Å². The van der Waals surface area contributed by atoms with Crippen LogP contribution < -0.4 is 15.8 Å². The second kappa shape index (κ2) is 8.18. The number of ether oxygens (including phenoxy) is 1. The summed E-state index contributed by atoms with van der Waals surface area (Å²) in [6, 6.07) is 2.23. The summed E-state index contributed by atoms with van der Waals surface area (Å²) in [4.78, 5) is 19.2. The smallest absolute Gasteiger partial charge is 0.232 e. The topological polar surface area (TPSA) is 104 Å². The van der Waals surface area contributed by atoms with Gasteiger partial charge < -0.3 is 25.7 Å². The third-order valence-corrected chi connectivity index (χ3v) is 4.53. The predicted molar refractivity (Wildman–Crippen MR) is 105 cm³/mol. The van der Waals surface area contributed by atoms with E-state index >= 15 is 0 Å².